The summed E-state index contributed by atoms with van der Waals surface area (Å²) in [4.78, 5) is 0. The van der Waals surface area contributed by atoms with Gasteiger partial charge in [-0.3, -0.25) is 0 Å². The first-order valence-electron chi connectivity index (χ1n) is 6.50. The third kappa shape index (κ3) is 13.0. The molecule has 0 aromatic carbocycles. The molecule has 0 unspecified atom stereocenters. The summed E-state index contributed by atoms with van der Waals surface area (Å²) in [5, 5.41) is 0. The van der Waals surface area contributed by atoms with E-state index in [0.717, 1.165) is 9.94 Å². The van der Waals surface area contributed by atoms with Crippen LogP contribution in [-0.4, -0.2) is 30.6 Å². The first-order chi connectivity index (χ1) is 7.12. The third-order valence-electron chi connectivity index (χ3n) is 2.94. The van der Waals surface area contributed by atoms with E-state index in [9.17, 15) is 0 Å². The standard InChI is InChI=1S/C13H29BrN.BrH/c1-4-5-6-7-8-9-10-11-12-15(2,3)13-14;/h4-13H2,1-3H3;1H/q+1;/p-1. The van der Waals surface area contributed by atoms with E-state index in [4.69, 9.17) is 0 Å². The molecule has 0 aromatic heterocycles. The van der Waals surface area contributed by atoms with Gasteiger partial charge in [-0.25, -0.2) is 0 Å². The Bertz CT molecular complexity index is 138. The topological polar surface area (TPSA) is 0 Å². The van der Waals surface area contributed by atoms with Gasteiger partial charge in [0.25, 0.3) is 0 Å². The predicted octanol–water partition coefficient (Wildman–Crippen LogP) is 1.56. The number of nitrogens with zero attached hydrogens (tertiary/aromatic N) is 1. The van der Waals surface area contributed by atoms with Gasteiger partial charge in [0, 0.05) is 0 Å². The maximum Gasteiger partial charge on any atom is 0.133 e. The van der Waals surface area contributed by atoms with Gasteiger partial charge in [0.15, 0.2) is 0 Å². The molecule has 16 heavy (non-hydrogen) atoms. The highest BCUT2D eigenvalue weighted by molar-refractivity contribution is 9.09. The molecule has 1 nitrogen and oxygen atoms in total. The SMILES string of the molecule is CCCCCCCCCC[N+](C)(C)CBr.[Br-]. The Balaban J connectivity index is 0. The summed E-state index contributed by atoms with van der Waals surface area (Å²) in [6.07, 6.45) is 11.4. The van der Waals surface area contributed by atoms with Crippen LogP contribution in [-0.2, 0) is 0 Å². The number of halogens is 2. The normalized spacial score (nSPS) is 11.2. The minimum atomic E-state index is 0. The van der Waals surface area contributed by atoms with E-state index in [1.165, 1.54) is 57.9 Å². The molecule has 0 atom stereocenters. The smallest absolute Gasteiger partial charge is 0.133 e. The van der Waals surface area contributed by atoms with Crippen LogP contribution in [0.15, 0.2) is 0 Å². The Labute approximate surface area is 121 Å². The molecule has 3 heteroatoms. The van der Waals surface area contributed by atoms with Crippen molar-refractivity contribution in [1.82, 2.24) is 0 Å². The van der Waals surface area contributed by atoms with E-state index in [1.807, 2.05) is 0 Å². The quantitative estimate of drug-likeness (QED) is 0.240. The molecule has 0 radical (unpaired) electrons. The van der Waals surface area contributed by atoms with E-state index in [2.05, 4.69) is 36.9 Å². The van der Waals surface area contributed by atoms with Gasteiger partial charge in [-0.15, -0.1) is 0 Å². The second kappa shape index (κ2) is 12.4. The lowest BCUT2D eigenvalue weighted by molar-refractivity contribution is -0.876. The molecule has 0 rings (SSSR count). The van der Waals surface area contributed by atoms with E-state index in [-0.39, 0.29) is 17.0 Å². The van der Waals surface area contributed by atoms with Crippen molar-refractivity contribution in [3.63, 3.8) is 0 Å². The molecule has 0 amide bonds. The molecule has 0 aliphatic carbocycles. The van der Waals surface area contributed by atoms with E-state index in [1.54, 1.807) is 0 Å². The average Bonchev–Trinajstić information content (AvgIpc) is 2.22. The molecule has 0 bridgehead atoms. The maximum absolute atomic E-state index is 3.55. The molecule has 0 aliphatic heterocycles. The van der Waals surface area contributed by atoms with Crippen molar-refractivity contribution in [1.29, 1.82) is 0 Å². The van der Waals surface area contributed by atoms with Gasteiger partial charge in [-0.2, -0.15) is 0 Å². The van der Waals surface area contributed by atoms with Crippen LogP contribution in [0.25, 0.3) is 0 Å². The number of hydrogen-bond acceptors (Lipinski definition) is 0. The van der Waals surface area contributed by atoms with Crippen LogP contribution in [0.5, 0.6) is 0 Å². The zero-order valence-electron chi connectivity index (χ0n) is 11.3. The number of hydrogen-bond donors (Lipinski definition) is 0. The fourth-order valence-electron chi connectivity index (χ4n) is 1.73. The fourth-order valence-corrected chi connectivity index (χ4v) is 1.98. The van der Waals surface area contributed by atoms with Crippen molar-refractivity contribution < 1.29 is 21.5 Å². The number of unbranched alkanes of at least 4 members (excludes halogenated alkanes) is 7. The lowest BCUT2D eigenvalue weighted by Gasteiger charge is -2.26. The first-order valence-corrected chi connectivity index (χ1v) is 7.62. The Kier molecular flexibility index (Phi) is 14.9. The fraction of sp³-hybridized carbons (Fsp3) is 1.00. The van der Waals surface area contributed by atoms with E-state index < -0.39 is 0 Å². The van der Waals surface area contributed by atoms with Crippen molar-refractivity contribution in [2.75, 3.05) is 26.1 Å². The molecular formula is C13H29Br2N. The molecule has 0 fully saturated rings. The summed E-state index contributed by atoms with van der Waals surface area (Å²) in [6, 6.07) is 0. The molecule has 0 spiro atoms. The lowest BCUT2D eigenvalue weighted by Crippen LogP contribution is -3.00. The highest BCUT2D eigenvalue weighted by atomic mass is 79.9. The zero-order valence-corrected chi connectivity index (χ0v) is 14.4. The Morgan fingerprint density at radius 3 is 1.69 bits per heavy atom. The van der Waals surface area contributed by atoms with Crippen LogP contribution >= 0.6 is 15.9 Å². The van der Waals surface area contributed by atoms with Crippen molar-refractivity contribution in [3.8, 4) is 0 Å². The first kappa shape index (κ1) is 19.3. The van der Waals surface area contributed by atoms with Gasteiger partial charge in [-0.05, 0) is 28.8 Å². The molecule has 0 saturated carbocycles. The summed E-state index contributed by atoms with van der Waals surface area (Å²) in [6.45, 7) is 3.58. The maximum atomic E-state index is 3.55. The number of alkyl halides is 1. The average molecular weight is 359 g/mol. The Hall–Kier alpha value is 0.920. The highest BCUT2D eigenvalue weighted by Crippen LogP contribution is 2.10. The minimum absolute atomic E-state index is 0. The third-order valence-corrected chi connectivity index (χ3v) is 4.30. The molecule has 100 valence electrons. The van der Waals surface area contributed by atoms with Crippen LogP contribution < -0.4 is 17.0 Å². The molecular weight excluding hydrogens is 330 g/mol. The van der Waals surface area contributed by atoms with Gasteiger partial charge in [-0.1, -0.05) is 45.4 Å². The molecule has 0 saturated heterocycles. The monoisotopic (exact) mass is 357 g/mol. The number of rotatable bonds is 10. The van der Waals surface area contributed by atoms with Crippen LogP contribution in [0.1, 0.15) is 58.3 Å². The van der Waals surface area contributed by atoms with Crippen LogP contribution in [0, 0.1) is 0 Å². The zero-order chi connectivity index (χ0) is 11.6. The molecule has 0 aliphatic rings. The van der Waals surface area contributed by atoms with Gasteiger partial charge >= 0.3 is 0 Å². The second-order valence-corrected chi connectivity index (χ2v) is 5.76. The number of quaternary nitrogens is 1. The summed E-state index contributed by atoms with van der Waals surface area (Å²) in [5.74, 6) is 0. The van der Waals surface area contributed by atoms with Crippen molar-refractivity contribution in [3.05, 3.63) is 0 Å². The van der Waals surface area contributed by atoms with Gasteiger partial charge in [0.05, 0.1) is 20.6 Å². The van der Waals surface area contributed by atoms with E-state index in [0.29, 0.717) is 0 Å². The van der Waals surface area contributed by atoms with Crippen LogP contribution in [0.4, 0.5) is 0 Å². The molecule has 0 aromatic rings. The van der Waals surface area contributed by atoms with Crippen molar-refractivity contribution in [2.45, 2.75) is 58.3 Å². The Morgan fingerprint density at radius 1 is 0.812 bits per heavy atom. The largest absolute Gasteiger partial charge is 1.00 e. The van der Waals surface area contributed by atoms with Crippen molar-refractivity contribution >= 4 is 15.9 Å². The summed E-state index contributed by atoms with van der Waals surface area (Å²) < 4.78 is 1.11. The Morgan fingerprint density at radius 2 is 1.25 bits per heavy atom. The minimum Gasteiger partial charge on any atom is -1.00 e. The molecule has 0 heterocycles. The van der Waals surface area contributed by atoms with Gasteiger partial charge < -0.3 is 21.5 Å². The van der Waals surface area contributed by atoms with Gasteiger partial charge in [0.2, 0.25) is 0 Å². The summed E-state index contributed by atoms with van der Waals surface area (Å²) >= 11 is 3.55. The van der Waals surface area contributed by atoms with Crippen LogP contribution in [0.3, 0.4) is 0 Å². The summed E-state index contributed by atoms with van der Waals surface area (Å²) in [7, 11) is 4.58. The summed E-state index contributed by atoms with van der Waals surface area (Å²) in [5.41, 5.74) is 1.07. The highest BCUT2D eigenvalue weighted by Gasteiger charge is 2.10. The second-order valence-electron chi connectivity index (χ2n) is 5.25. The van der Waals surface area contributed by atoms with Crippen LogP contribution in [0.2, 0.25) is 0 Å². The molecule has 0 N–H and O–H groups in total. The van der Waals surface area contributed by atoms with Gasteiger partial charge in [0.1, 0.15) is 5.45 Å². The predicted molar refractivity (Wildman–Crippen MR) is 73.4 cm³/mol. The van der Waals surface area contributed by atoms with E-state index >= 15 is 0 Å². The lowest BCUT2D eigenvalue weighted by atomic mass is 10.1. The van der Waals surface area contributed by atoms with Crippen molar-refractivity contribution in [2.24, 2.45) is 0 Å².